The lowest BCUT2D eigenvalue weighted by Gasteiger charge is -2.27. The number of fused-ring (bicyclic) bond motifs is 1. The van der Waals surface area contributed by atoms with Gasteiger partial charge < -0.3 is 4.90 Å². The average molecular weight is 374 g/mol. The van der Waals surface area contributed by atoms with Crippen molar-refractivity contribution in [2.75, 3.05) is 4.90 Å². The smallest absolute Gasteiger partial charge is 0.0640 e. The molecular weight excluding hydrogens is 346 g/mol. The second kappa shape index (κ2) is 9.75. The van der Waals surface area contributed by atoms with Gasteiger partial charge in [-0.25, -0.2) is 0 Å². The maximum Gasteiger partial charge on any atom is 0.0640 e. The Morgan fingerprint density at radius 1 is 1.00 bits per heavy atom. The molecule has 1 aromatic heterocycles. The molecule has 0 saturated heterocycles. The van der Waals surface area contributed by atoms with Crippen molar-refractivity contribution >= 4 is 39.3 Å². The largest absolute Gasteiger partial charge is 0.310 e. The molecule has 0 aliphatic carbocycles. The van der Waals surface area contributed by atoms with Crippen molar-refractivity contribution in [3.05, 3.63) is 102 Å². The summed E-state index contributed by atoms with van der Waals surface area (Å²) in [7, 11) is 0. The number of hydrogen-bond acceptors (Lipinski definition) is 2. The summed E-state index contributed by atoms with van der Waals surface area (Å²) in [5, 5.41) is 2.46. The Balaban J connectivity index is 2.92. The average Bonchev–Trinajstić information content (AvgIpc) is 3.06. The Bertz CT molecular complexity index is 1060. The van der Waals surface area contributed by atoms with Gasteiger partial charge in [0.05, 0.1) is 10.4 Å². The van der Waals surface area contributed by atoms with Crippen LogP contribution in [-0.4, -0.2) is 0 Å². The standard InChI is InChI=1S/C25H27NS/c1-7-13-16-20(11-5)26(19(9-3)10-4)23-18-14-17-22-21(15-8-2)24(12-6)27-25(22)23/h7-18H,1-3H2,4-6H3/b16-13-,19-10+,20-11+,21-15-,24-12+. The Morgan fingerprint density at radius 3 is 2.30 bits per heavy atom. The second-order valence-electron chi connectivity index (χ2n) is 5.79. The van der Waals surface area contributed by atoms with Crippen LogP contribution in [0.4, 0.5) is 5.69 Å². The fourth-order valence-electron chi connectivity index (χ4n) is 3.05. The van der Waals surface area contributed by atoms with Crippen LogP contribution in [0, 0.1) is 0 Å². The van der Waals surface area contributed by atoms with Crippen molar-refractivity contribution in [3.63, 3.8) is 0 Å². The minimum absolute atomic E-state index is 1.04. The summed E-state index contributed by atoms with van der Waals surface area (Å²) in [5.74, 6) is 0. The molecule has 2 aromatic rings. The van der Waals surface area contributed by atoms with E-state index in [1.807, 2.05) is 32.1 Å². The molecule has 0 spiro atoms. The van der Waals surface area contributed by atoms with Crippen molar-refractivity contribution < 1.29 is 0 Å². The third kappa shape index (κ3) is 4.12. The van der Waals surface area contributed by atoms with E-state index in [1.165, 1.54) is 19.8 Å². The summed E-state index contributed by atoms with van der Waals surface area (Å²) in [6.07, 6.45) is 18.0. The molecule has 2 rings (SSSR count). The molecule has 0 fully saturated rings. The van der Waals surface area contributed by atoms with Crippen LogP contribution in [0.25, 0.3) is 22.2 Å². The van der Waals surface area contributed by atoms with Crippen LogP contribution >= 0.6 is 11.3 Å². The first kappa shape index (κ1) is 20.5. The van der Waals surface area contributed by atoms with Crippen molar-refractivity contribution in [2.45, 2.75) is 20.8 Å². The van der Waals surface area contributed by atoms with E-state index in [0.717, 1.165) is 17.1 Å². The second-order valence-corrected chi connectivity index (χ2v) is 6.84. The Labute approximate surface area is 166 Å². The van der Waals surface area contributed by atoms with Crippen LogP contribution in [0.5, 0.6) is 0 Å². The number of thiophene rings is 1. The zero-order chi connectivity index (χ0) is 19.8. The molecule has 1 heterocycles. The van der Waals surface area contributed by atoms with Gasteiger partial charge in [0, 0.05) is 26.5 Å². The Morgan fingerprint density at radius 2 is 1.74 bits per heavy atom. The number of anilines is 1. The quantitative estimate of drug-likeness (QED) is 0.522. The normalized spacial score (nSPS) is 14.2. The van der Waals surface area contributed by atoms with E-state index in [-0.39, 0.29) is 0 Å². The maximum atomic E-state index is 4.02. The molecule has 0 aliphatic heterocycles. The van der Waals surface area contributed by atoms with Gasteiger partial charge in [-0.15, -0.1) is 11.3 Å². The van der Waals surface area contributed by atoms with Gasteiger partial charge in [-0.05, 0) is 39.0 Å². The van der Waals surface area contributed by atoms with Crippen LogP contribution in [0.3, 0.4) is 0 Å². The predicted octanol–water partition coefficient (Wildman–Crippen LogP) is 6.21. The van der Waals surface area contributed by atoms with Crippen molar-refractivity contribution in [2.24, 2.45) is 0 Å². The zero-order valence-corrected chi connectivity index (χ0v) is 17.2. The lowest BCUT2D eigenvalue weighted by atomic mass is 10.1. The lowest BCUT2D eigenvalue weighted by molar-refractivity contribution is 1.14. The van der Waals surface area contributed by atoms with Gasteiger partial charge in [0.25, 0.3) is 0 Å². The number of hydrogen-bond donors (Lipinski definition) is 0. The molecule has 27 heavy (non-hydrogen) atoms. The monoisotopic (exact) mass is 373 g/mol. The van der Waals surface area contributed by atoms with E-state index < -0.39 is 0 Å². The number of allylic oxidation sites excluding steroid dienone is 7. The van der Waals surface area contributed by atoms with Crippen LogP contribution in [0.1, 0.15) is 20.8 Å². The molecule has 0 saturated carbocycles. The third-order valence-corrected chi connectivity index (χ3v) is 5.58. The number of nitrogens with zero attached hydrogens (tertiary/aromatic N) is 1. The van der Waals surface area contributed by atoms with E-state index in [4.69, 9.17) is 0 Å². The van der Waals surface area contributed by atoms with Crippen molar-refractivity contribution in [1.82, 2.24) is 0 Å². The van der Waals surface area contributed by atoms with Crippen LogP contribution < -0.4 is 14.7 Å². The highest BCUT2D eigenvalue weighted by molar-refractivity contribution is 7.17. The van der Waals surface area contributed by atoms with E-state index in [9.17, 15) is 0 Å². The van der Waals surface area contributed by atoms with Gasteiger partial charge in [0.15, 0.2) is 0 Å². The molecule has 0 amide bonds. The molecule has 138 valence electrons. The topological polar surface area (TPSA) is 3.24 Å². The van der Waals surface area contributed by atoms with Gasteiger partial charge in [0.2, 0.25) is 0 Å². The summed E-state index contributed by atoms with van der Waals surface area (Å²) >= 11 is 1.80. The highest BCUT2D eigenvalue weighted by atomic mass is 32.1. The van der Waals surface area contributed by atoms with Gasteiger partial charge in [-0.1, -0.05) is 74.4 Å². The molecule has 2 heteroatoms. The molecule has 0 N–H and O–H groups in total. The third-order valence-electron chi connectivity index (χ3n) is 4.27. The highest BCUT2D eigenvalue weighted by Crippen LogP contribution is 2.33. The molecule has 0 unspecified atom stereocenters. The minimum Gasteiger partial charge on any atom is -0.310 e. The van der Waals surface area contributed by atoms with Gasteiger partial charge in [-0.2, -0.15) is 0 Å². The fourth-order valence-corrected chi connectivity index (χ4v) is 4.23. The summed E-state index contributed by atoms with van der Waals surface area (Å²) in [5.41, 5.74) is 3.24. The Hall–Kier alpha value is -2.84. The van der Waals surface area contributed by atoms with E-state index >= 15 is 0 Å². The highest BCUT2D eigenvalue weighted by Gasteiger charge is 2.17. The molecule has 0 radical (unpaired) electrons. The van der Waals surface area contributed by atoms with Gasteiger partial charge in [0.1, 0.15) is 0 Å². The summed E-state index contributed by atoms with van der Waals surface area (Å²) < 4.78 is 2.49. The summed E-state index contributed by atoms with van der Waals surface area (Å²) in [6, 6.07) is 6.44. The van der Waals surface area contributed by atoms with E-state index in [0.29, 0.717) is 0 Å². The van der Waals surface area contributed by atoms with E-state index in [1.54, 1.807) is 17.4 Å². The van der Waals surface area contributed by atoms with Crippen LogP contribution in [-0.2, 0) is 0 Å². The van der Waals surface area contributed by atoms with Crippen molar-refractivity contribution in [3.8, 4) is 0 Å². The minimum atomic E-state index is 1.04. The summed E-state index contributed by atoms with van der Waals surface area (Å²) in [4.78, 5) is 2.24. The number of rotatable bonds is 7. The van der Waals surface area contributed by atoms with Crippen LogP contribution in [0.2, 0.25) is 0 Å². The fraction of sp³-hybridized carbons (Fsp3) is 0.120. The SMILES string of the molecule is C=C/C=C\C(=C/C)N(/C(C=C)=C/C)c1cccc2c(=C/C=C)/c(=C\C)sc12. The van der Waals surface area contributed by atoms with Crippen LogP contribution in [0.15, 0.2) is 91.9 Å². The number of benzene rings is 1. The van der Waals surface area contributed by atoms with E-state index in [2.05, 4.69) is 80.1 Å². The molecule has 1 nitrogen and oxygen atoms in total. The van der Waals surface area contributed by atoms with Crippen molar-refractivity contribution in [1.29, 1.82) is 0 Å². The predicted molar refractivity (Wildman–Crippen MR) is 125 cm³/mol. The maximum absolute atomic E-state index is 4.02. The van der Waals surface area contributed by atoms with Gasteiger partial charge in [-0.3, -0.25) is 0 Å². The molecular formula is C25H27NS. The summed E-state index contributed by atoms with van der Waals surface area (Å²) in [6.45, 7) is 17.9. The lowest BCUT2D eigenvalue weighted by Crippen LogP contribution is -2.20. The molecule has 1 aromatic carbocycles. The molecule has 0 atom stereocenters. The molecule has 0 bridgehead atoms. The zero-order valence-electron chi connectivity index (χ0n) is 16.4. The van der Waals surface area contributed by atoms with Gasteiger partial charge >= 0.3 is 0 Å². The first-order chi connectivity index (χ1) is 13.2. The first-order valence-electron chi connectivity index (χ1n) is 9.01. The Kier molecular flexibility index (Phi) is 7.39. The molecule has 0 aliphatic rings. The first-order valence-corrected chi connectivity index (χ1v) is 9.83.